The van der Waals surface area contributed by atoms with Gasteiger partial charge in [-0.05, 0) is 32.3 Å². The van der Waals surface area contributed by atoms with Crippen LogP contribution >= 0.6 is 11.3 Å². The number of H-pyrrole nitrogens is 1. The van der Waals surface area contributed by atoms with Crippen molar-refractivity contribution < 1.29 is 4.79 Å². The van der Waals surface area contributed by atoms with Crippen LogP contribution < -0.4 is 10.9 Å². The Morgan fingerprint density at radius 3 is 2.90 bits per heavy atom. The maximum absolute atomic E-state index is 12.2. The molecule has 0 unspecified atom stereocenters. The molecule has 1 amide bonds. The number of amides is 1. The number of carbonyl (C=O) groups is 1. The smallest absolute Gasteiger partial charge is 0.268 e. The molecule has 2 aromatic heterocycles. The van der Waals surface area contributed by atoms with Gasteiger partial charge in [-0.25, -0.2) is 4.98 Å². The lowest BCUT2D eigenvalue weighted by molar-refractivity contribution is -0.136. The molecule has 0 radical (unpaired) electrons. The average Bonchev–Trinajstić information content (AvgIpc) is 2.86. The van der Waals surface area contributed by atoms with Gasteiger partial charge >= 0.3 is 0 Å². The first-order chi connectivity index (χ1) is 9.35. The van der Waals surface area contributed by atoms with Crippen molar-refractivity contribution in [1.82, 2.24) is 20.2 Å². The van der Waals surface area contributed by atoms with Gasteiger partial charge in [0.15, 0.2) is 0 Å². The predicted molar refractivity (Wildman–Crippen MR) is 79.9 cm³/mol. The molecule has 0 spiro atoms. The van der Waals surface area contributed by atoms with E-state index in [0.717, 1.165) is 0 Å². The highest BCUT2D eigenvalue weighted by molar-refractivity contribution is 7.17. The minimum atomic E-state index is -0.651. The standard InChI is InChI=1S/C13H18N4O2S/c1-13(2,14-3)12(19)17(4)7-9-15-8-5-6-20-10(8)11(18)16-9/h5-6,14H,7H2,1-4H3,(H,15,16,18). The summed E-state index contributed by atoms with van der Waals surface area (Å²) in [4.78, 5) is 32.7. The van der Waals surface area contributed by atoms with Crippen LogP contribution in [0.1, 0.15) is 19.7 Å². The Morgan fingerprint density at radius 1 is 1.55 bits per heavy atom. The summed E-state index contributed by atoms with van der Waals surface area (Å²) in [5.74, 6) is 0.428. The molecule has 20 heavy (non-hydrogen) atoms. The van der Waals surface area contributed by atoms with Crippen LogP contribution in [0.15, 0.2) is 16.2 Å². The normalized spacial score (nSPS) is 11.8. The van der Waals surface area contributed by atoms with Gasteiger partial charge in [0.25, 0.3) is 5.56 Å². The Balaban J connectivity index is 2.24. The average molecular weight is 294 g/mol. The lowest BCUT2D eigenvalue weighted by Crippen LogP contribution is -2.51. The van der Waals surface area contributed by atoms with Crippen LogP contribution in [0, 0.1) is 0 Å². The molecule has 0 fully saturated rings. The number of hydrogen-bond acceptors (Lipinski definition) is 5. The lowest BCUT2D eigenvalue weighted by atomic mass is 10.0. The molecular weight excluding hydrogens is 276 g/mol. The first kappa shape index (κ1) is 14.7. The zero-order valence-electron chi connectivity index (χ0n) is 12.0. The zero-order valence-corrected chi connectivity index (χ0v) is 12.8. The molecule has 0 aromatic carbocycles. The van der Waals surface area contributed by atoms with Crippen molar-refractivity contribution in [3.63, 3.8) is 0 Å². The van der Waals surface area contributed by atoms with Crippen molar-refractivity contribution in [3.8, 4) is 0 Å². The Labute approximate surface area is 120 Å². The van der Waals surface area contributed by atoms with Gasteiger partial charge in [-0.3, -0.25) is 9.59 Å². The van der Waals surface area contributed by atoms with Gasteiger partial charge in [0.1, 0.15) is 10.5 Å². The number of rotatable bonds is 4. The molecular formula is C13H18N4O2S. The second-order valence-electron chi connectivity index (χ2n) is 5.18. The van der Waals surface area contributed by atoms with E-state index in [1.165, 1.54) is 11.3 Å². The Kier molecular flexibility index (Phi) is 3.92. The number of carbonyl (C=O) groups excluding carboxylic acids is 1. The third kappa shape index (κ3) is 2.73. The highest BCUT2D eigenvalue weighted by atomic mass is 32.1. The lowest BCUT2D eigenvalue weighted by Gasteiger charge is -2.28. The van der Waals surface area contributed by atoms with Gasteiger partial charge in [-0.1, -0.05) is 0 Å². The van der Waals surface area contributed by atoms with Crippen LogP contribution in [-0.2, 0) is 11.3 Å². The Hall–Kier alpha value is -1.73. The number of aromatic amines is 1. The third-order valence-corrected chi connectivity index (χ3v) is 4.16. The highest BCUT2D eigenvalue weighted by Crippen LogP contribution is 2.14. The summed E-state index contributed by atoms with van der Waals surface area (Å²) in [6, 6.07) is 1.80. The number of aromatic nitrogens is 2. The van der Waals surface area contributed by atoms with E-state index in [1.807, 2.05) is 19.2 Å². The molecule has 0 saturated heterocycles. The molecule has 0 saturated carbocycles. The summed E-state index contributed by atoms with van der Waals surface area (Å²) < 4.78 is 0.610. The van der Waals surface area contributed by atoms with Crippen LogP contribution in [0.2, 0.25) is 0 Å². The fourth-order valence-electron chi connectivity index (χ4n) is 1.88. The van der Waals surface area contributed by atoms with Crippen molar-refractivity contribution in [1.29, 1.82) is 0 Å². The van der Waals surface area contributed by atoms with Gasteiger partial charge in [0.05, 0.1) is 17.6 Å². The van der Waals surface area contributed by atoms with Gasteiger partial charge < -0.3 is 15.2 Å². The van der Waals surface area contributed by atoms with E-state index >= 15 is 0 Å². The van der Waals surface area contributed by atoms with E-state index in [4.69, 9.17) is 0 Å². The van der Waals surface area contributed by atoms with Crippen molar-refractivity contribution in [2.45, 2.75) is 25.9 Å². The van der Waals surface area contributed by atoms with Crippen LogP contribution in [0.25, 0.3) is 10.2 Å². The number of hydrogen-bond donors (Lipinski definition) is 2. The van der Waals surface area contributed by atoms with E-state index in [0.29, 0.717) is 16.0 Å². The largest absolute Gasteiger partial charge is 0.337 e. The van der Waals surface area contributed by atoms with Crippen molar-refractivity contribution in [2.24, 2.45) is 0 Å². The maximum atomic E-state index is 12.2. The number of thiophene rings is 1. The molecule has 2 heterocycles. The highest BCUT2D eigenvalue weighted by Gasteiger charge is 2.28. The topological polar surface area (TPSA) is 78.1 Å². The van der Waals surface area contributed by atoms with E-state index in [-0.39, 0.29) is 18.0 Å². The zero-order chi connectivity index (χ0) is 14.9. The monoisotopic (exact) mass is 294 g/mol. The maximum Gasteiger partial charge on any atom is 0.268 e. The number of nitrogens with zero attached hydrogens (tertiary/aromatic N) is 2. The predicted octanol–water partition coefficient (Wildman–Crippen LogP) is 0.941. The molecule has 0 aliphatic heterocycles. The van der Waals surface area contributed by atoms with E-state index < -0.39 is 5.54 Å². The molecule has 0 aliphatic carbocycles. The van der Waals surface area contributed by atoms with Crippen molar-refractivity contribution in [3.05, 3.63) is 27.6 Å². The summed E-state index contributed by atoms with van der Waals surface area (Å²) in [6.07, 6.45) is 0. The summed E-state index contributed by atoms with van der Waals surface area (Å²) in [5, 5.41) is 4.79. The fraction of sp³-hybridized carbons (Fsp3) is 0.462. The van der Waals surface area contributed by atoms with Crippen LogP contribution in [0.3, 0.4) is 0 Å². The van der Waals surface area contributed by atoms with E-state index in [9.17, 15) is 9.59 Å². The number of fused-ring (bicyclic) bond motifs is 1. The molecule has 0 atom stereocenters. The van der Waals surface area contributed by atoms with Gasteiger partial charge in [-0.15, -0.1) is 11.3 Å². The second-order valence-corrected chi connectivity index (χ2v) is 6.10. The molecule has 2 aromatic rings. The summed E-state index contributed by atoms with van der Waals surface area (Å²) in [5.41, 5.74) is -0.141. The van der Waals surface area contributed by atoms with E-state index in [1.54, 1.807) is 25.1 Å². The van der Waals surface area contributed by atoms with Crippen molar-refractivity contribution in [2.75, 3.05) is 14.1 Å². The van der Waals surface area contributed by atoms with Crippen molar-refractivity contribution >= 4 is 27.5 Å². The summed E-state index contributed by atoms with van der Waals surface area (Å²) in [6.45, 7) is 3.89. The molecule has 0 aliphatic rings. The number of nitrogens with one attached hydrogen (secondary N) is 2. The minimum Gasteiger partial charge on any atom is -0.337 e. The van der Waals surface area contributed by atoms with E-state index in [2.05, 4.69) is 15.3 Å². The van der Waals surface area contributed by atoms with Gasteiger partial charge in [-0.2, -0.15) is 0 Å². The van der Waals surface area contributed by atoms with Gasteiger partial charge in [0.2, 0.25) is 5.91 Å². The molecule has 2 N–H and O–H groups in total. The van der Waals surface area contributed by atoms with Crippen LogP contribution in [0.5, 0.6) is 0 Å². The first-order valence-electron chi connectivity index (χ1n) is 6.26. The quantitative estimate of drug-likeness (QED) is 0.880. The Bertz CT molecular complexity index is 689. The fourth-order valence-corrected chi connectivity index (χ4v) is 2.60. The summed E-state index contributed by atoms with van der Waals surface area (Å²) in [7, 11) is 3.43. The third-order valence-electron chi connectivity index (χ3n) is 3.26. The SMILES string of the molecule is CNC(C)(C)C(=O)N(C)Cc1nc2ccsc2c(=O)[nH]1. The molecule has 0 bridgehead atoms. The summed E-state index contributed by atoms with van der Waals surface area (Å²) >= 11 is 1.36. The molecule has 6 nitrogen and oxygen atoms in total. The minimum absolute atomic E-state index is 0.0620. The first-order valence-corrected chi connectivity index (χ1v) is 7.14. The van der Waals surface area contributed by atoms with Crippen LogP contribution in [-0.4, -0.2) is 40.4 Å². The Morgan fingerprint density at radius 2 is 2.25 bits per heavy atom. The van der Waals surface area contributed by atoms with Gasteiger partial charge in [0, 0.05) is 7.05 Å². The molecule has 108 valence electrons. The molecule has 7 heteroatoms. The van der Waals surface area contributed by atoms with Crippen LogP contribution in [0.4, 0.5) is 0 Å². The number of likely N-dealkylation sites (N-methyl/N-ethyl adjacent to an activating group) is 2. The second kappa shape index (κ2) is 5.34. The molecule has 2 rings (SSSR count).